The van der Waals surface area contributed by atoms with Crippen LogP contribution in [0.4, 0.5) is 5.69 Å². The van der Waals surface area contributed by atoms with Crippen LogP contribution < -0.4 is 5.32 Å². The lowest BCUT2D eigenvalue weighted by molar-refractivity contribution is -0.502. The van der Waals surface area contributed by atoms with Gasteiger partial charge < -0.3 is 5.32 Å². The minimum Gasteiger partial charge on any atom is -0.355 e. The number of rotatable bonds is 0. The van der Waals surface area contributed by atoms with E-state index < -0.39 is 0 Å². The van der Waals surface area contributed by atoms with Gasteiger partial charge in [-0.3, -0.25) is 0 Å². The summed E-state index contributed by atoms with van der Waals surface area (Å²) in [7, 11) is 0. The van der Waals surface area contributed by atoms with Crippen LogP contribution in [-0.2, 0) is 15.4 Å². The molecule has 2 aliphatic heterocycles. The average molecular weight is 163 g/mol. The Labute approximate surface area is 70.2 Å². The minimum absolute atomic E-state index is 0.00472. The highest BCUT2D eigenvalue weighted by atomic mass is 17.3. The number of para-hydroxylation sites is 1. The van der Waals surface area contributed by atoms with Crippen molar-refractivity contribution < 1.29 is 9.78 Å². The molecule has 1 N–H and O–H groups in total. The van der Waals surface area contributed by atoms with Crippen molar-refractivity contribution in [3.8, 4) is 0 Å². The summed E-state index contributed by atoms with van der Waals surface area (Å²) in [6.45, 7) is 2.03. The van der Waals surface area contributed by atoms with Crippen LogP contribution in [-0.4, -0.2) is 6.23 Å². The zero-order valence-electron chi connectivity index (χ0n) is 6.70. The van der Waals surface area contributed by atoms with Crippen molar-refractivity contribution in [2.24, 2.45) is 0 Å². The van der Waals surface area contributed by atoms with Gasteiger partial charge in [-0.25, -0.2) is 9.78 Å². The second kappa shape index (κ2) is 1.81. The van der Waals surface area contributed by atoms with Crippen LogP contribution in [0.2, 0.25) is 0 Å². The van der Waals surface area contributed by atoms with Crippen molar-refractivity contribution in [3.63, 3.8) is 0 Å². The number of hydrogen-bond acceptors (Lipinski definition) is 3. The first-order chi connectivity index (χ1) is 5.81. The average Bonchev–Trinajstić information content (AvgIpc) is 2.28. The summed E-state index contributed by atoms with van der Waals surface area (Å²) in [6.07, 6.45) is -0.00472. The number of hydrogen-bond donors (Lipinski definition) is 1. The molecule has 12 heavy (non-hydrogen) atoms. The second-order valence-electron chi connectivity index (χ2n) is 3.36. The molecule has 2 heterocycles. The zero-order chi connectivity index (χ0) is 8.18. The monoisotopic (exact) mass is 163 g/mol. The third kappa shape index (κ3) is 0.552. The minimum atomic E-state index is -0.267. The predicted octanol–water partition coefficient (Wildman–Crippen LogP) is 1.62. The number of anilines is 1. The molecule has 3 rings (SSSR count). The molecule has 2 atom stereocenters. The van der Waals surface area contributed by atoms with Crippen molar-refractivity contribution in [1.82, 2.24) is 0 Å². The molecule has 0 bridgehead atoms. The van der Waals surface area contributed by atoms with Crippen LogP contribution in [0, 0.1) is 0 Å². The standard InChI is InChI=1S/C9H9NO2/c1-9-6-4-2-3-5-7(6)10-8(9)11-12-9/h2-5,8,10H,1H3. The first-order valence-electron chi connectivity index (χ1n) is 4.01. The van der Waals surface area contributed by atoms with Gasteiger partial charge in [0.15, 0.2) is 11.8 Å². The zero-order valence-corrected chi connectivity index (χ0v) is 6.70. The summed E-state index contributed by atoms with van der Waals surface area (Å²) < 4.78 is 0. The van der Waals surface area contributed by atoms with Crippen LogP contribution in [0.3, 0.4) is 0 Å². The van der Waals surface area contributed by atoms with Crippen LogP contribution >= 0.6 is 0 Å². The highest BCUT2D eigenvalue weighted by Crippen LogP contribution is 2.48. The maximum atomic E-state index is 5.11. The Bertz CT molecular complexity index is 339. The van der Waals surface area contributed by atoms with Crippen LogP contribution in [0.15, 0.2) is 24.3 Å². The van der Waals surface area contributed by atoms with Gasteiger partial charge in [0.2, 0.25) is 0 Å². The molecule has 1 aromatic rings. The van der Waals surface area contributed by atoms with E-state index in [1.165, 1.54) is 5.56 Å². The summed E-state index contributed by atoms with van der Waals surface area (Å²) in [4.78, 5) is 10.0. The molecule has 0 saturated carbocycles. The highest BCUT2D eigenvalue weighted by molar-refractivity contribution is 5.60. The van der Waals surface area contributed by atoms with Crippen LogP contribution in [0.1, 0.15) is 12.5 Å². The summed E-state index contributed by atoms with van der Waals surface area (Å²) in [5, 5.41) is 3.23. The van der Waals surface area contributed by atoms with Crippen molar-refractivity contribution in [3.05, 3.63) is 29.8 Å². The maximum Gasteiger partial charge on any atom is 0.199 e. The maximum absolute atomic E-state index is 5.11. The summed E-state index contributed by atoms with van der Waals surface area (Å²) in [6, 6.07) is 8.10. The lowest BCUT2D eigenvalue weighted by Gasteiger charge is -2.38. The van der Waals surface area contributed by atoms with Gasteiger partial charge in [0.25, 0.3) is 0 Å². The Balaban J connectivity index is 2.19. The van der Waals surface area contributed by atoms with Gasteiger partial charge in [0, 0.05) is 11.3 Å². The molecule has 62 valence electrons. The van der Waals surface area contributed by atoms with Crippen molar-refractivity contribution in [2.45, 2.75) is 18.8 Å². The van der Waals surface area contributed by atoms with E-state index in [9.17, 15) is 0 Å². The normalized spacial score (nSPS) is 36.2. The molecule has 0 spiro atoms. The van der Waals surface area contributed by atoms with Gasteiger partial charge in [-0.1, -0.05) is 18.2 Å². The predicted molar refractivity (Wildman–Crippen MR) is 43.4 cm³/mol. The Morgan fingerprint density at radius 3 is 3.00 bits per heavy atom. The van der Waals surface area contributed by atoms with E-state index in [0.717, 1.165) is 5.69 Å². The quantitative estimate of drug-likeness (QED) is 0.589. The van der Waals surface area contributed by atoms with Crippen molar-refractivity contribution in [1.29, 1.82) is 0 Å². The summed E-state index contributed by atoms with van der Waals surface area (Å²) in [5.74, 6) is 0. The Hall–Kier alpha value is -1.06. The third-order valence-corrected chi connectivity index (χ3v) is 2.57. The van der Waals surface area contributed by atoms with E-state index >= 15 is 0 Å². The van der Waals surface area contributed by atoms with E-state index in [4.69, 9.17) is 9.78 Å². The van der Waals surface area contributed by atoms with Gasteiger partial charge in [0.1, 0.15) is 0 Å². The van der Waals surface area contributed by atoms with E-state index in [2.05, 4.69) is 11.4 Å². The molecule has 3 nitrogen and oxygen atoms in total. The molecule has 0 radical (unpaired) electrons. The van der Waals surface area contributed by atoms with E-state index in [1.807, 2.05) is 25.1 Å². The lowest BCUT2D eigenvalue weighted by Crippen LogP contribution is -2.50. The fraction of sp³-hybridized carbons (Fsp3) is 0.333. The molecule has 1 fully saturated rings. The molecule has 1 saturated heterocycles. The van der Waals surface area contributed by atoms with Gasteiger partial charge in [-0.15, -0.1) is 0 Å². The molecule has 2 aliphatic rings. The SMILES string of the molecule is CC12OOC1Nc1ccccc12. The van der Waals surface area contributed by atoms with Crippen LogP contribution in [0.25, 0.3) is 0 Å². The third-order valence-electron chi connectivity index (χ3n) is 2.57. The molecule has 0 amide bonds. The van der Waals surface area contributed by atoms with E-state index in [-0.39, 0.29) is 11.8 Å². The van der Waals surface area contributed by atoms with Gasteiger partial charge in [-0.05, 0) is 13.0 Å². The Kier molecular flexibility index (Phi) is 0.975. The Morgan fingerprint density at radius 1 is 1.42 bits per heavy atom. The first kappa shape index (κ1) is 6.46. The molecule has 3 heteroatoms. The molecular weight excluding hydrogens is 154 g/mol. The highest BCUT2D eigenvalue weighted by Gasteiger charge is 2.54. The lowest BCUT2D eigenvalue weighted by atomic mass is 9.96. The summed E-state index contributed by atoms with van der Waals surface area (Å²) >= 11 is 0. The smallest absolute Gasteiger partial charge is 0.199 e. The van der Waals surface area contributed by atoms with Gasteiger partial charge >= 0.3 is 0 Å². The molecule has 0 aliphatic carbocycles. The Morgan fingerprint density at radius 2 is 2.25 bits per heavy atom. The molecule has 0 aromatic heterocycles. The van der Waals surface area contributed by atoms with Crippen molar-refractivity contribution in [2.75, 3.05) is 5.32 Å². The molecular formula is C9H9NO2. The van der Waals surface area contributed by atoms with Crippen LogP contribution in [0.5, 0.6) is 0 Å². The van der Waals surface area contributed by atoms with Crippen molar-refractivity contribution >= 4 is 5.69 Å². The van der Waals surface area contributed by atoms with E-state index in [0.29, 0.717) is 0 Å². The molecule has 1 aromatic carbocycles. The summed E-state index contributed by atoms with van der Waals surface area (Å²) in [5.41, 5.74) is 2.03. The topological polar surface area (TPSA) is 30.5 Å². The largest absolute Gasteiger partial charge is 0.355 e. The fourth-order valence-electron chi connectivity index (χ4n) is 1.77. The molecule has 2 unspecified atom stereocenters. The number of benzene rings is 1. The first-order valence-corrected chi connectivity index (χ1v) is 4.01. The van der Waals surface area contributed by atoms with Gasteiger partial charge in [0.05, 0.1) is 0 Å². The fourth-order valence-corrected chi connectivity index (χ4v) is 1.77. The van der Waals surface area contributed by atoms with Gasteiger partial charge in [-0.2, -0.15) is 0 Å². The van der Waals surface area contributed by atoms with E-state index in [1.54, 1.807) is 0 Å². The second-order valence-corrected chi connectivity index (χ2v) is 3.36. The number of fused-ring (bicyclic) bond motifs is 3. The number of nitrogens with one attached hydrogen (secondary N) is 1.